The van der Waals surface area contributed by atoms with Crippen molar-refractivity contribution in [3.05, 3.63) is 76.0 Å². The van der Waals surface area contributed by atoms with Crippen LogP contribution in [0.4, 0.5) is 13.2 Å². The Morgan fingerprint density at radius 1 is 1.30 bits per heavy atom. The molecule has 2 saturated heterocycles. The standard InChI is InChI=1S/C19H23F2N5O3.C6H4ClF/c1-19-10-26(7-11(19)9-29-25(19)2)8-15-13(18(27)28-3)6-23-17(24-15)16-14(21)4-12(20)5-22-16;7-5-2-1-3-6(8)4-5/h4-5,11H,6-10H2,1-3H3,(H,23,24);1-4H. The minimum atomic E-state index is -0.820. The number of aromatic nitrogens is 1. The molecule has 2 aromatic rings. The Balaban J connectivity index is 0.000000342. The Hall–Kier alpha value is -2.99. The van der Waals surface area contributed by atoms with Crippen molar-refractivity contribution in [3.8, 4) is 0 Å². The number of likely N-dealkylation sites (N-methyl/N-ethyl adjacent to an activating group) is 1. The highest BCUT2D eigenvalue weighted by Gasteiger charge is 2.51. The van der Waals surface area contributed by atoms with Crippen LogP contribution in [0.1, 0.15) is 12.6 Å². The Kier molecular flexibility index (Phi) is 8.17. The van der Waals surface area contributed by atoms with Gasteiger partial charge < -0.3 is 10.1 Å². The van der Waals surface area contributed by atoms with Crippen LogP contribution in [0.2, 0.25) is 5.02 Å². The summed E-state index contributed by atoms with van der Waals surface area (Å²) in [5, 5.41) is 5.36. The van der Waals surface area contributed by atoms with Gasteiger partial charge in [0.05, 0.1) is 37.6 Å². The third-order valence-electron chi connectivity index (χ3n) is 6.75. The molecule has 0 bridgehead atoms. The van der Waals surface area contributed by atoms with Gasteiger partial charge in [-0.15, -0.1) is 0 Å². The third-order valence-corrected chi connectivity index (χ3v) is 6.99. The smallest absolute Gasteiger partial charge is 0.337 e. The van der Waals surface area contributed by atoms with Crippen molar-refractivity contribution >= 4 is 23.4 Å². The summed E-state index contributed by atoms with van der Waals surface area (Å²) < 4.78 is 44.3. The zero-order valence-corrected chi connectivity index (χ0v) is 21.4. The number of rotatable bonds is 4. The molecule has 0 amide bonds. The van der Waals surface area contributed by atoms with E-state index in [1.54, 1.807) is 12.1 Å². The van der Waals surface area contributed by atoms with Gasteiger partial charge in [0.1, 0.15) is 17.3 Å². The van der Waals surface area contributed by atoms with E-state index in [2.05, 4.69) is 27.1 Å². The maximum Gasteiger partial charge on any atom is 0.337 e. The largest absolute Gasteiger partial charge is 0.466 e. The van der Waals surface area contributed by atoms with Gasteiger partial charge in [-0.05, 0) is 25.1 Å². The number of ether oxygens (including phenoxy) is 1. The second-order valence-electron chi connectivity index (χ2n) is 9.18. The molecule has 3 aliphatic rings. The molecule has 4 heterocycles. The van der Waals surface area contributed by atoms with Crippen molar-refractivity contribution in [2.24, 2.45) is 10.9 Å². The number of benzene rings is 1. The molecule has 1 aromatic carbocycles. The lowest BCUT2D eigenvalue weighted by Crippen LogP contribution is -2.45. The number of likely N-dealkylation sites (tertiary alicyclic amines) is 1. The summed E-state index contributed by atoms with van der Waals surface area (Å²) in [7, 11) is 3.23. The lowest BCUT2D eigenvalue weighted by atomic mass is 9.91. The lowest BCUT2D eigenvalue weighted by molar-refractivity contribution is -0.140. The van der Waals surface area contributed by atoms with Crippen LogP contribution in [0.15, 0.2) is 52.8 Å². The van der Waals surface area contributed by atoms with Crippen LogP contribution in [0.25, 0.3) is 0 Å². The third kappa shape index (κ3) is 5.96. The van der Waals surface area contributed by atoms with Crippen LogP contribution in [-0.2, 0) is 14.4 Å². The van der Waals surface area contributed by atoms with Crippen LogP contribution >= 0.6 is 11.6 Å². The van der Waals surface area contributed by atoms with E-state index in [4.69, 9.17) is 21.2 Å². The van der Waals surface area contributed by atoms with Crippen LogP contribution in [0.5, 0.6) is 0 Å². The van der Waals surface area contributed by atoms with E-state index in [1.165, 1.54) is 19.2 Å². The average molecular weight is 538 g/mol. The first-order valence-electron chi connectivity index (χ1n) is 11.5. The van der Waals surface area contributed by atoms with Crippen LogP contribution < -0.4 is 5.32 Å². The Morgan fingerprint density at radius 2 is 2.08 bits per heavy atom. The number of fused-ring (bicyclic) bond motifs is 1. The number of hydroxylamine groups is 2. The monoisotopic (exact) mass is 537 g/mol. The average Bonchev–Trinajstić information content (AvgIpc) is 3.31. The number of carbonyl (C=O) groups is 1. The molecule has 2 unspecified atom stereocenters. The summed E-state index contributed by atoms with van der Waals surface area (Å²) in [5.41, 5.74) is 0.763. The van der Waals surface area contributed by atoms with Crippen molar-refractivity contribution in [1.29, 1.82) is 0 Å². The molecular formula is C25H27ClF3N5O3. The van der Waals surface area contributed by atoms with E-state index in [0.717, 1.165) is 25.4 Å². The summed E-state index contributed by atoms with van der Waals surface area (Å²) in [6.07, 6.45) is 0.931. The molecule has 2 atom stereocenters. The summed E-state index contributed by atoms with van der Waals surface area (Å²) in [5.74, 6) is -1.86. The maximum atomic E-state index is 14.2. The predicted molar refractivity (Wildman–Crippen MR) is 131 cm³/mol. The molecule has 198 valence electrons. The first-order valence-corrected chi connectivity index (χ1v) is 11.9. The number of halogens is 4. The zero-order chi connectivity index (χ0) is 26.7. The molecule has 1 N–H and O–H groups in total. The van der Waals surface area contributed by atoms with E-state index in [0.29, 0.717) is 35.4 Å². The van der Waals surface area contributed by atoms with Gasteiger partial charge in [0.2, 0.25) is 0 Å². The highest BCUT2D eigenvalue weighted by Crippen LogP contribution is 2.38. The topological polar surface area (TPSA) is 79.3 Å². The highest BCUT2D eigenvalue weighted by molar-refractivity contribution is 6.30. The van der Waals surface area contributed by atoms with Gasteiger partial charge in [0.25, 0.3) is 0 Å². The fourth-order valence-electron chi connectivity index (χ4n) is 4.58. The van der Waals surface area contributed by atoms with Crippen LogP contribution in [-0.4, -0.2) is 79.2 Å². The van der Waals surface area contributed by atoms with Crippen molar-refractivity contribution in [2.45, 2.75) is 12.5 Å². The van der Waals surface area contributed by atoms with Gasteiger partial charge >= 0.3 is 5.97 Å². The number of hydrogen-bond acceptors (Lipinski definition) is 8. The number of carbonyl (C=O) groups excluding carboxylic acids is 1. The molecule has 12 heteroatoms. The normalized spacial score (nSPS) is 23.6. The summed E-state index contributed by atoms with van der Waals surface area (Å²) in [4.78, 5) is 28.1. The van der Waals surface area contributed by atoms with Gasteiger partial charge in [0, 0.05) is 49.4 Å². The van der Waals surface area contributed by atoms with Crippen LogP contribution in [0.3, 0.4) is 0 Å². The first-order chi connectivity index (χ1) is 17.6. The molecule has 37 heavy (non-hydrogen) atoms. The number of pyridine rings is 1. The van der Waals surface area contributed by atoms with E-state index in [9.17, 15) is 18.0 Å². The first kappa shape index (κ1) is 27.1. The molecule has 0 spiro atoms. The lowest BCUT2D eigenvalue weighted by Gasteiger charge is -2.30. The number of aliphatic imine (C=N–C) groups is 1. The molecule has 0 aliphatic carbocycles. The fraction of sp³-hybridized carbons (Fsp3) is 0.400. The fourth-order valence-corrected chi connectivity index (χ4v) is 4.75. The van der Waals surface area contributed by atoms with E-state index in [-0.39, 0.29) is 29.4 Å². The van der Waals surface area contributed by atoms with Crippen molar-refractivity contribution in [2.75, 3.05) is 46.9 Å². The van der Waals surface area contributed by atoms with Gasteiger partial charge in [-0.2, -0.15) is 5.06 Å². The van der Waals surface area contributed by atoms with Crippen molar-refractivity contribution < 1.29 is 27.5 Å². The molecule has 3 aliphatic heterocycles. The second-order valence-corrected chi connectivity index (χ2v) is 9.62. The van der Waals surface area contributed by atoms with E-state index in [1.807, 2.05) is 12.1 Å². The summed E-state index contributed by atoms with van der Waals surface area (Å²) in [6.45, 7) is 4.82. The molecule has 0 radical (unpaired) electrons. The predicted octanol–water partition coefficient (Wildman–Crippen LogP) is 3.18. The maximum absolute atomic E-state index is 14.2. The van der Waals surface area contributed by atoms with Crippen molar-refractivity contribution in [3.63, 3.8) is 0 Å². The highest BCUT2D eigenvalue weighted by atomic mass is 35.5. The van der Waals surface area contributed by atoms with E-state index >= 15 is 0 Å². The van der Waals surface area contributed by atoms with Crippen LogP contribution in [0, 0.1) is 23.4 Å². The van der Waals surface area contributed by atoms with Gasteiger partial charge in [-0.3, -0.25) is 14.7 Å². The number of hydrogen-bond donors (Lipinski definition) is 1. The number of nitrogens with zero attached hydrogens (tertiary/aromatic N) is 4. The number of nitrogens with one attached hydrogen (secondary N) is 1. The van der Waals surface area contributed by atoms with Crippen molar-refractivity contribution in [1.82, 2.24) is 20.3 Å². The quantitative estimate of drug-likeness (QED) is 0.600. The van der Waals surface area contributed by atoms with Gasteiger partial charge in [-0.25, -0.2) is 22.9 Å². The minimum Gasteiger partial charge on any atom is -0.466 e. The molecule has 2 fully saturated rings. The molecule has 5 rings (SSSR count). The Morgan fingerprint density at radius 3 is 2.70 bits per heavy atom. The number of amidine groups is 1. The summed E-state index contributed by atoms with van der Waals surface area (Å²) >= 11 is 5.40. The number of methoxy groups -OCH3 is 1. The molecule has 8 nitrogen and oxygen atoms in total. The Labute approximate surface area is 217 Å². The second kappa shape index (κ2) is 11.2. The Bertz CT molecular complexity index is 1230. The number of esters is 1. The van der Waals surface area contributed by atoms with E-state index < -0.39 is 17.6 Å². The molecule has 1 aromatic heterocycles. The SMILES string of the molecule is COC(=O)C1=C(CN2CC3CON(C)C3(C)C2)NC(c2ncc(F)cc2F)=NC1.Fc1cccc(Cl)c1. The minimum absolute atomic E-state index is 0.0282. The molecular weight excluding hydrogens is 511 g/mol. The summed E-state index contributed by atoms with van der Waals surface area (Å²) in [6, 6.07) is 6.57. The zero-order valence-electron chi connectivity index (χ0n) is 20.6. The van der Waals surface area contributed by atoms with Gasteiger partial charge in [0.15, 0.2) is 11.7 Å². The van der Waals surface area contributed by atoms with Gasteiger partial charge in [-0.1, -0.05) is 17.7 Å². The molecule has 0 saturated carbocycles.